The highest BCUT2D eigenvalue weighted by Gasteiger charge is 2.58. The summed E-state index contributed by atoms with van der Waals surface area (Å²) in [7, 11) is 0. The number of rotatable bonds is 4. The molecule has 0 aliphatic heterocycles. The van der Waals surface area contributed by atoms with E-state index in [2.05, 4.69) is 5.43 Å². The molecule has 0 spiro atoms. The second-order valence-corrected chi connectivity index (χ2v) is 10.2. The zero-order valence-electron chi connectivity index (χ0n) is 19.0. The molecule has 2 amide bonds. The summed E-state index contributed by atoms with van der Waals surface area (Å²) in [5.74, 6) is -1.47. The quantitative estimate of drug-likeness (QED) is 0.497. The highest BCUT2D eigenvalue weighted by molar-refractivity contribution is 6.34. The molecule has 1 N–H and O–H groups in total. The van der Waals surface area contributed by atoms with E-state index in [9.17, 15) is 14.4 Å². The van der Waals surface area contributed by atoms with Crippen molar-refractivity contribution in [2.24, 2.45) is 16.7 Å². The largest absolute Gasteiger partial charge is 0.443 e. The van der Waals surface area contributed by atoms with Crippen LogP contribution in [0, 0.1) is 16.7 Å². The summed E-state index contributed by atoms with van der Waals surface area (Å²) in [5.41, 5.74) is 1.09. The van der Waals surface area contributed by atoms with Crippen molar-refractivity contribution in [2.75, 3.05) is 5.01 Å². The van der Waals surface area contributed by atoms with E-state index >= 15 is 0 Å². The van der Waals surface area contributed by atoms with Gasteiger partial charge in [-0.1, -0.05) is 57.8 Å². The van der Waals surface area contributed by atoms with Crippen LogP contribution in [0.3, 0.4) is 0 Å². The van der Waals surface area contributed by atoms with E-state index in [4.69, 9.17) is 16.3 Å². The van der Waals surface area contributed by atoms with E-state index in [-0.39, 0.29) is 16.2 Å². The van der Waals surface area contributed by atoms with Crippen molar-refractivity contribution in [3.05, 3.63) is 29.3 Å². The maximum absolute atomic E-state index is 13.6. The highest BCUT2D eigenvalue weighted by atomic mass is 35.5. The third kappa shape index (κ3) is 4.80. The zero-order chi connectivity index (χ0) is 22.9. The van der Waals surface area contributed by atoms with Crippen LogP contribution in [0.25, 0.3) is 0 Å². The minimum atomic E-state index is -0.872. The SMILES string of the molecule is CCC[C@@]1(C)C(=O)[C@H](C(=O)N(NC(=O)OC(C)(C)C)c2ccccc2Cl)CC1(C)C. The zero-order valence-corrected chi connectivity index (χ0v) is 19.7. The first-order valence-electron chi connectivity index (χ1n) is 10.4. The van der Waals surface area contributed by atoms with E-state index < -0.39 is 28.9 Å². The Morgan fingerprint density at radius 1 is 1.23 bits per heavy atom. The Morgan fingerprint density at radius 2 is 1.83 bits per heavy atom. The smallest absolute Gasteiger partial charge is 0.427 e. The number of hydrazine groups is 1. The monoisotopic (exact) mass is 436 g/mol. The lowest BCUT2D eigenvalue weighted by Gasteiger charge is -2.36. The maximum atomic E-state index is 13.6. The lowest BCUT2D eigenvalue weighted by atomic mass is 9.66. The van der Waals surface area contributed by atoms with Gasteiger partial charge < -0.3 is 4.74 Å². The normalized spacial score (nSPS) is 23.2. The van der Waals surface area contributed by atoms with Gasteiger partial charge in [0.2, 0.25) is 0 Å². The Morgan fingerprint density at radius 3 is 2.37 bits per heavy atom. The summed E-state index contributed by atoms with van der Waals surface area (Å²) in [6, 6.07) is 6.67. The molecule has 1 aromatic rings. The van der Waals surface area contributed by atoms with E-state index in [1.165, 1.54) is 0 Å². The van der Waals surface area contributed by atoms with Crippen LogP contribution >= 0.6 is 11.6 Å². The van der Waals surface area contributed by atoms with E-state index in [1.807, 2.05) is 27.7 Å². The molecule has 0 bridgehead atoms. The third-order valence-electron chi connectivity index (χ3n) is 6.03. The summed E-state index contributed by atoms with van der Waals surface area (Å²) < 4.78 is 5.32. The fourth-order valence-electron chi connectivity index (χ4n) is 4.12. The number of ether oxygens (including phenoxy) is 1. The van der Waals surface area contributed by atoms with Gasteiger partial charge in [-0.25, -0.2) is 15.2 Å². The Kier molecular flexibility index (Phi) is 6.92. The molecule has 1 aliphatic carbocycles. The van der Waals surface area contributed by atoms with Crippen molar-refractivity contribution < 1.29 is 19.1 Å². The number of nitrogens with zero attached hydrogens (tertiary/aromatic N) is 1. The molecule has 2 rings (SSSR count). The lowest BCUT2D eigenvalue weighted by molar-refractivity contribution is -0.136. The molecule has 1 fully saturated rings. The number of Topliss-reactive ketones (excluding diaryl/α,β-unsaturated/α-hetero) is 1. The number of benzene rings is 1. The number of anilines is 1. The number of carbonyl (C=O) groups is 3. The van der Waals surface area contributed by atoms with Crippen LogP contribution in [0.15, 0.2) is 24.3 Å². The van der Waals surface area contributed by atoms with E-state index in [0.29, 0.717) is 18.5 Å². The maximum Gasteiger partial charge on any atom is 0.427 e. The average molecular weight is 437 g/mol. The predicted molar refractivity (Wildman–Crippen MR) is 118 cm³/mol. The number of hydrogen-bond acceptors (Lipinski definition) is 4. The first kappa shape index (κ1) is 24.2. The Labute approximate surface area is 184 Å². The van der Waals surface area contributed by atoms with Crippen molar-refractivity contribution in [3.63, 3.8) is 0 Å². The van der Waals surface area contributed by atoms with Crippen LogP contribution in [0.1, 0.15) is 67.7 Å². The summed E-state index contributed by atoms with van der Waals surface area (Å²) in [6.45, 7) is 13.2. The molecule has 0 heterocycles. The third-order valence-corrected chi connectivity index (χ3v) is 6.35. The van der Waals surface area contributed by atoms with Crippen LogP contribution in [-0.2, 0) is 14.3 Å². The number of para-hydroxylation sites is 1. The first-order valence-corrected chi connectivity index (χ1v) is 10.7. The van der Waals surface area contributed by atoms with Gasteiger partial charge >= 0.3 is 6.09 Å². The van der Waals surface area contributed by atoms with Crippen molar-refractivity contribution in [2.45, 2.75) is 73.3 Å². The number of nitrogens with one attached hydrogen (secondary N) is 1. The number of hydrogen-bond donors (Lipinski definition) is 1. The number of carbonyl (C=O) groups excluding carboxylic acids is 3. The van der Waals surface area contributed by atoms with Gasteiger partial charge in [0, 0.05) is 5.41 Å². The van der Waals surface area contributed by atoms with Crippen molar-refractivity contribution >= 4 is 35.1 Å². The fourth-order valence-corrected chi connectivity index (χ4v) is 4.34. The van der Waals surface area contributed by atoms with Crippen LogP contribution in [0.4, 0.5) is 10.5 Å². The molecule has 7 heteroatoms. The highest BCUT2D eigenvalue weighted by Crippen LogP contribution is 2.55. The number of amides is 2. The summed E-state index contributed by atoms with van der Waals surface area (Å²) in [5, 5.41) is 1.34. The molecule has 2 atom stereocenters. The number of ketones is 1. The van der Waals surface area contributed by atoms with Gasteiger partial charge in [0.05, 0.1) is 16.6 Å². The van der Waals surface area contributed by atoms with E-state index in [1.54, 1.807) is 45.0 Å². The first-order chi connectivity index (χ1) is 13.7. The summed E-state index contributed by atoms with van der Waals surface area (Å²) in [4.78, 5) is 39.4. The van der Waals surface area contributed by atoms with E-state index in [0.717, 1.165) is 11.4 Å². The topological polar surface area (TPSA) is 75.7 Å². The second kappa shape index (κ2) is 8.58. The van der Waals surface area contributed by atoms with Gasteiger partial charge in [-0.15, -0.1) is 0 Å². The predicted octanol–water partition coefficient (Wildman–Crippen LogP) is 5.53. The van der Waals surface area contributed by atoms with Gasteiger partial charge in [0.15, 0.2) is 5.78 Å². The lowest BCUT2D eigenvalue weighted by Crippen LogP contribution is -2.51. The van der Waals surface area contributed by atoms with Crippen LogP contribution in [-0.4, -0.2) is 23.4 Å². The minimum Gasteiger partial charge on any atom is -0.443 e. The Hall–Kier alpha value is -2.08. The molecular formula is C23H33ClN2O4. The van der Waals surface area contributed by atoms with Crippen LogP contribution in [0.2, 0.25) is 5.02 Å². The fraction of sp³-hybridized carbons (Fsp3) is 0.609. The molecule has 0 aromatic heterocycles. The van der Waals surface area contributed by atoms with Gasteiger partial charge in [-0.05, 0) is 51.2 Å². The molecule has 30 heavy (non-hydrogen) atoms. The Bertz CT molecular complexity index is 831. The summed E-state index contributed by atoms with van der Waals surface area (Å²) >= 11 is 6.31. The minimum absolute atomic E-state index is 0.0950. The standard InChI is InChI=1S/C23H33ClN2O4/c1-8-13-23(7)18(27)15(14-22(23,5)6)19(28)26(17-12-10-9-11-16(17)24)25-20(29)30-21(2,3)4/h9-12,15H,8,13-14H2,1-7H3,(H,25,29)/t15-,23+/m1/s1. The van der Waals surface area contributed by atoms with Crippen LogP contribution < -0.4 is 10.4 Å². The molecule has 1 aromatic carbocycles. The second-order valence-electron chi connectivity index (χ2n) is 9.83. The van der Waals surface area contributed by atoms with Crippen molar-refractivity contribution in [1.82, 2.24) is 5.43 Å². The van der Waals surface area contributed by atoms with Gasteiger partial charge in [0.1, 0.15) is 5.60 Å². The van der Waals surface area contributed by atoms with Crippen molar-refractivity contribution in [1.29, 1.82) is 0 Å². The number of halogens is 1. The molecular weight excluding hydrogens is 404 g/mol. The van der Waals surface area contributed by atoms with Gasteiger partial charge in [-0.3, -0.25) is 9.59 Å². The molecule has 166 valence electrons. The summed E-state index contributed by atoms with van der Waals surface area (Å²) in [6.07, 6.45) is 1.15. The van der Waals surface area contributed by atoms with Crippen LogP contribution in [0.5, 0.6) is 0 Å². The molecule has 0 radical (unpaired) electrons. The van der Waals surface area contributed by atoms with Gasteiger partial charge in [-0.2, -0.15) is 0 Å². The molecule has 1 saturated carbocycles. The Balaban J connectivity index is 2.42. The van der Waals surface area contributed by atoms with Crippen molar-refractivity contribution in [3.8, 4) is 0 Å². The molecule has 6 nitrogen and oxygen atoms in total. The molecule has 1 aliphatic rings. The van der Waals surface area contributed by atoms with Gasteiger partial charge in [0.25, 0.3) is 5.91 Å². The average Bonchev–Trinajstić information content (AvgIpc) is 2.79. The molecule has 0 saturated heterocycles. The molecule has 0 unspecified atom stereocenters.